The van der Waals surface area contributed by atoms with Gasteiger partial charge in [-0.25, -0.2) is 22.2 Å². The summed E-state index contributed by atoms with van der Waals surface area (Å²) in [6.07, 6.45) is 3.47. The van der Waals surface area contributed by atoms with Crippen molar-refractivity contribution in [2.75, 3.05) is 6.26 Å². The molecule has 0 bridgehead atoms. The van der Waals surface area contributed by atoms with Crippen LogP contribution in [0, 0.1) is 0 Å². The molecule has 3 heterocycles. The smallest absolute Gasteiger partial charge is 0.248 e. The lowest BCUT2D eigenvalue weighted by Crippen LogP contribution is -2.36. The fraction of sp³-hybridized carbons (Fsp3) is 0.280. The molecular formula is C25H22F2N2O4S. The standard InChI is InChI=1S/C25H22F2N2O4S/c1-34(31,32)22-6-5-17(15-29-22)21-14-20-23(33-21)19(7-12-28-20)16-3-2-4-18(13-16)24(30)8-10-25(26,27)11-9-24/h2-7,12-15,30H,8-11H2,1H3. The zero-order chi connectivity index (χ0) is 24.1. The Morgan fingerprint density at radius 3 is 2.41 bits per heavy atom. The third kappa shape index (κ3) is 4.21. The van der Waals surface area contributed by atoms with Gasteiger partial charge in [-0.1, -0.05) is 18.2 Å². The van der Waals surface area contributed by atoms with Crippen LogP contribution in [0.4, 0.5) is 8.78 Å². The molecule has 4 aromatic rings. The van der Waals surface area contributed by atoms with Gasteiger partial charge in [0.15, 0.2) is 20.4 Å². The van der Waals surface area contributed by atoms with Crippen molar-refractivity contribution in [3.63, 3.8) is 0 Å². The van der Waals surface area contributed by atoms with E-state index in [1.54, 1.807) is 36.5 Å². The number of aliphatic hydroxyl groups is 1. The van der Waals surface area contributed by atoms with Gasteiger partial charge in [-0.05, 0) is 48.2 Å². The Labute approximate surface area is 195 Å². The number of halogens is 2. The number of benzene rings is 1. The molecule has 5 rings (SSSR count). The van der Waals surface area contributed by atoms with E-state index in [1.165, 1.54) is 12.3 Å². The quantitative estimate of drug-likeness (QED) is 0.419. The first-order valence-electron chi connectivity index (χ1n) is 10.8. The van der Waals surface area contributed by atoms with Crippen molar-refractivity contribution in [2.24, 2.45) is 0 Å². The molecule has 0 saturated heterocycles. The second kappa shape index (κ2) is 7.95. The Balaban J connectivity index is 1.52. The summed E-state index contributed by atoms with van der Waals surface area (Å²) in [6, 6.07) is 13.8. The molecule has 34 heavy (non-hydrogen) atoms. The fourth-order valence-corrected chi connectivity index (χ4v) is 4.91. The van der Waals surface area contributed by atoms with Crippen molar-refractivity contribution in [2.45, 2.75) is 42.2 Å². The molecule has 3 aromatic heterocycles. The lowest BCUT2D eigenvalue weighted by Gasteiger charge is -2.36. The first-order valence-corrected chi connectivity index (χ1v) is 12.7. The molecule has 0 unspecified atom stereocenters. The van der Waals surface area contributed by atoms with Gasteiger partial charge in [0, 0.05) is 48.7 Å². The van der Waals surface area contributed by atoms with Crippen LogP contribution in [0.3, 0.4) is 0 Å². The number of furan rings is 1. The van der Waals surface area contributed by atoms with E-state index >= 15 is 0 Å². The molecular weight excluding hydrogens is 462 g/mol. The predicted molar refractivity (Wildman–Crippen MR) is 123 cm³/mol. The van der Waals surface area contributed by atoms with Gasteiger partial charge in [0.25, 0.3) is 0 Å². The molecule has 0 aliphatic heterocycles. The van der Waals surface area contributed by atoms with Crippen molar-refractivity contribution in [3.8, 4) is 22.5 Å². The van der Waals surface area contributed by atoms with Crippen molar-refractivity contribution >= 4 is 20.9 Å². The summed E-state index contributed by atoms with van der Waals surface area (Å²) in [6.45, 7) is 0. The molecule has 9 heteroatoms. The Kier molecular flexibility index (Phi) is 5.29. The number of aromatic nitrogens is 2. The molecule has 176 valence electrons. The number of hydrogen-bond acceptors (Lipinski definition) is 6. The van der Waals surface area contributed by atoms with Gasteiger partial charge in [0.1, 0.15) is 11.3 Å². The summed E-state index contributed by atoms with van der Waals surface area (Å²) in [5.41, 5.74) is 2.52. The molecule has 0 spiro atoms. The minimum Gasteiger partial charge on any atom is -0.454 e. The Hall–Kier alpha value is -3.17. The van der Waals surface area contributed by atoms with E-state index in [1.807, 2.05) is 12.1 Å². The maximum Gasteiger partial charge on any atom is 0.248 e. The molecule has 6 nitrogen and oxygen atoms in total. The second-order valence-electron chi connectivity index (χ2n) is 8.81. The maximum atomic E-state index is 13.6. The van der Waals surface area contributed by atoms with Crippen LogP contribution in [0.25, 0.3) is 33.6 Å². The SMILES string of the molecule is CS(=O)(=O)c1ccc(-c2cc3nccc(-c4cccc(C5(O)CCC(F)(F)CC5)c4)c3o2)cn1. The van der Waals surface area contributed by atoms with E-state index < -0.39 is 21.4 Å². The maximum absolute atomic E-state index is 13.6. The highest BCUT2D eigenvalue weighted by molar-refractivity contribution is 7.90. The van der Waals surface area contributed by atoms with Gasteiger partial charge in [0.05, 0.1) is 5.60 Å². The molecule has 1 fully saturated rings. The van der Waals surface area contributed by atoms with Gasteiger partial charge >= 0.3 is 0 Å². The van der Waals surface area contributed by atoms with Gasteiger partial charge in [-0.3, -0.25) is 4.98 Å². The Morgan fingerprint density at radius 1 is 0.971 bits per heavy atom. The summed E-state index contributed by atoms with van der Waals surface area (Å²) in [7, 11) is -3.41. The van der Waals surface area contributed by atoms with Gasteiger partial charge in [0.2, 0.25) is 5.92 Å². The molecule has 0 radical (unpaired) electrons. The van der Waals surface area contributed by atoms with E-state index in [9.17, 15) is 22.3 Å². The van der Waals surface area contributed by atoms with E-state index in [-0.39, 0.29) is 30.7 Å². The summed E-state index contributed by atoms with van der Waals surface area (Å²) >= 11 is 0. The second-order valence-corrected chi connectivity index (χ2v) is 10.8. The van der Waals surface area contributed by atoms with Crippen LogP contribution in [0.1, 0.15) is 31.2 Å². The van der Waals surface area contributed by atoms with Crippen molar-refractivity contribution in [1.29, 1.82) is 0 Å². The zero-order valence-corrected chi connectivity index (χ0v) is 19.1. The third-order valence-electron chi connectivity index (χ3n) is 6.33. The third-order valence-corrected chi connectivity index (χ3v) is 7.33. The first-order chi connectivity index (χ1) is 16.0. The molecule has 1 aliphatic rings. The van der Waals surface area contributed by atoms with Crippen molar-refractivity contribution in [3.05, 3.63) is 66.5 Å². The van der Waals surface area contributed by atoms with Crippen LogP contribution in [0.5, 0.6) is 0 Å². The lowest BCUT2D eigenvalue weighted by atomic mass is 9.77. The van der Waals surface area contributed by atoms with E-state index in [4.69, 9.17) is 4.42 Å². The molecule has 1 aliphatic carbocycles. The highest BCUT2D eigenvalue weighted by Gasteiger charge is 2.43. The van der Waals surface area contributed by atoms with Crippen molar-refractivity contribution in [1.82, 2.24) is 9.97 Å². The average molecular weight is 485 g/mol. The van der Waals surface area contributed by atoms with Crippen LogP contribution < -0.4 is 0 Å². The normalized spacial score (nSPS) is 17.6. The number of sulfone groups is 1. The number of pyridine rings is 2. The van der Waals surface area contributed by atoms with Gasteiger partial charge in [-0.2, -0.15) is 0 Å². The summed E-state index contributed by atoms with van der Waals surface area (Å²) < 4.78 is 56.7. The van der Waals surface area contributed by atoms with Crippen LogP contribution in [-0.2, 0) is 15.4 Å². The van der Waals surface area contributed by atoms with Crippen molar-refractivity contribution < 1.29 is 26.7 Å². The van der Waals surface area contributed by atoms with E-state index in [2.05, 4.69) is 9.97 Å². The fourth-order valence-electron chi connectivity index (χ4n) is 4.35. The average Bonchev–Trinajstić information content (AvgIpc) is 3.25. The highest BCUT2D eigenvalue weighted by atomic mass is 32.2. The van der Waals surface area contributed by atoms with Crippen LogP contribution in [0.2, 0.25) is 0 Å². The molecule has 1 aromatic carbocycles. The number of fused-ring (bicyclic) bond motifs is 1. The molecule has 1 saturated carbocycles. The number of rotatable bonds is 4. The topological polar surface area (TPSA) is 93.3 Å². The minimum absolute atomic E-state index is 0.00339. The highest BCUT2D eigenvalue weighted by Crippen LogP contribution is 2.44. The largest absolute Gasteiger partial charge is 0.454 e. The number of alkyl halides is 2. The Morgan fingerprint density at radius 2 is 1.74 bits per heavy atom. The van der Waals surface area contributed by atoms with Crippen LogP contribution >= 0.6 is 0 Å². The molecule has 1 N–H and O–H groups in total. The summed E-state index contributed by atoms with van der Waals surface area (Å²) in [5, 5.41) is 11.0. The Bertz CT molecular complexity index is 1470. The first kappa shape index (κ1) is 22.6. The van der Waals surface area contributed by atoms with E-state index in [0.717, 1.165) is 17.4 Å². The zero-order valence-electron chi connectivity index (χ0n) is 18.3. The molecule has 0 atom stereocenters. The summed E-state index contributed by atoms with van der Waals surface area (Å²) in [4.78, 5) is 8.38. The van der Waals surface area contributed by atoms with E-state index in [0.29, 0.717) is 28.0 Å². The number of hydrogen-bond donors (Lipinski definition) is 1. The number of nitrogens with zero attached hydrogens (tertiary/aromatic N) is 2. The molecule has 0 amide bonds. The van der Waals surface area contributed by atoms with Crippen LogP contribution in [0.15, 0.2) is 70.4 Å². The lowest BCUT2D eigenvalue weighted by molar-refractivity contribution is -0.107. The van der Waals surface area contributed by atoms with Gasteiger partial charge < -0.3 is 9.52 Å². The predicted octanol–water partition coefficient (Wildman–Crippen LogP) is 5.36. The minimum atomic E-state index is -3.41. The summed E-state index contributed by atoms with van der Waals surface area (Å²) in [5.74, 6) is -2.26. The van der Waals surface area contributed by atoms with Gasteiger partial charge in [-0.15, -0.1) is 0 Å². The monoisotopic (exact) mass is 484 g/mol. The van der Waals surface area contributed by atoms with Crippen LogP contribution in [-0.4, -0.2) is 35.7 Å².